The van der Waals surface area contributed by atoms with Gasteiger partial charge in [0.1, 0.15) is 0 Å². The van der Waals surface area contributed by atoms with Crippen molar-refractivity contribution < 1.29 is 27.4 Å². The minimum atomic E-state index is -4.80. The van der Waals surface area contributed by atoms with Gasteiger partial charge in [-0.3, -0.25) is 9.69 Å². The number of hydrogen-bond acceptors (Lipinski definition) is 5. The second-order valence-corrected chi connectivity index (χ2v) is 9.93. The molecular formula is C28H36F3N3O3. The third-order valence-corrected chi connectivity index (χ3v) is 7.41. The summed E-state index contributed by atoms with van der Waals surface area (Å²) in [5.41, 5.74) is 1.97. The number of likely N-dealkylation sites (tertiary alicyclic amines) is 1. The minimum absolute atomic E-state index is 0.0252. The summed E-state index contributed by atoms with van der Waals surface area (Å²) in [7, 11) is 1.30. The molecule has 0 radical (unpaired) electrons. The van der Waals surface area contributed by atoms with Crippen LogP contribution in [0.15, 0.2) is 48.5 Å². The number of anilines is 1. The van der Waals surface area contributed by atoms with Crippen LogP contribution in [-0.2, 0) is 11.3 Å². The van der Waals surface area contributed by atoms with Gasteiger partial charge in [-0.15, -0.1) is 13.2 Å². The van der Waals surface area contributed by atoms with Gasteiger partial charge in [0.2, 0.25) is 5.91 Å². The first-order chi connectivity index (χ1) is 17.8. The van der Waals surface area contributed by atoms with E-state index in [0.717, 1.165) is 38.9 Å². The molecule has 4 rings (SSSR count). The van der Waals surface area contributed by atoms with E-state index in [1.165, 1.54) is 24.8 Å². The normalized spacial score (nSPS) is 18.0. The lowest BCUT2D eigenvalue weighted by Gasteiger charge is -2.34. The number of ether oxygens (including phenoxy) is 2. The number of carbonyl (C=O) groups excluding carboxylic acids is 1. The number of halogens is 3. The number of rotatable bonds is 9. The van der Waals surface area contributed by atoms with Crippen molar-refractivity contribution in [1.29, 1.82) is 0 Å². The van der Waals surface area contributed by atoms with Crippen molar-refractivity contribution in [1.82, 2.24) is 10.2 Å². The number of amides is 1. The van der Waals surface area contributed by atoms with Crippen LogP contribution < -0.4 is 19.7 Å². The van der Waals surface area contributed by atoms with Crippen molar-refractivity contribution in [2.45, 2.75) is 45.0 Å². The number of nitrogens with zero attached hydrogens (tertiary/aromatic N) is 2. The second-order valence-electron chi connectivity index (χ2n) is 9.93. The average Bonchev–Trinajstić information content (AvgIpc) is 2.89. The fourth-order valence-corrected chi connectivity index (χ4v) is 5.29. The summed E-state index contributed by atoms with van der Waals surface area (Å²) in [5, 5.41) is 3.12. The molecular weight excluding hydrogens is 483 g/mol. The highest BCUT2D eigenvalue weighted by molar-refractivity contribution is 5.79. The van der Waals surface area contributed by atoms with Gasteiger partial charge >= 0.3 is 6.36 Å². The zero-order valence-corrected chi connectivity index (χ0v) is 21.3. The van der Waals surface area contributed by atoms with Gasteiger partial charge in [0.15, 0.2) is 11.5 Å². The van der Waals surface area contributed by atoms with E-state index in [9.17, 15) is 18.0 Å². The molecule has 37 heavy (non-hydrogen) atoms. The highest BCUT2D eigenvalue weighted by Crippen LogP contribution is 2.36. The summed E-state index contributed by atoms with van der Waals surface area (Å²) in [6, 6.07) is 15.1. The zero-order chi connectivity index (χ0) is 26.3. The molecule has 9 heteroatoms. The van der Waals surface area contributed by atoms with Crippen LogP contribution in [0.5, 0.6) is 11.5 Å². The molecule has 2 aliphatic heterocycles. The summed E-state index contributed by atoms with van der Waals surface area (Å²) in [5.74, 6) is 0.304. The number of methoxy groups -OCH3 is 1. The van der Waals surface area contributed by atoms with Crippen molar-refractivity contribution in [3.8, 4) is 11.5 Å². The average molecular weight is 520 g/mol. The lowest BCUT2D eigenvalue weighted by Crippen LogP contribution is -2.41. The number of benzene rings is 2. The maximum atomic E-state index is 12.8. The Hall–Kier alpha value is -2.94. The predicted octanol–water partition coefficient (Wildman–Crippen LogP) is 5.23. The van der Waals surface area contributed by atoms with E-state index in [4.69, 9.17) is 4.74 Å². The van der Waals surface area contributed by atoms with Crippen molar-refractivity contribution in [2.24, 2.45) is 11.8 Å². The molecule has 0 aliphatic carbocycles. The Labute approximate surface area is 216 Å². The minimum Gasteiger partial charge on any atom is -0.493 e. The molecule has 0 bridgehead atoms. The van der Waals surface area contributed by atoms with E-state index < -0.39 is 6.36 Å². The van der Waals surface area contributed by atoms with Gasteiger partial charge in [0.25, 0.3) is 0 Å². The van der Waals surface area contributed by atoms with E-state index in [0.29, 0.717) is 44.1 Å². The number of alkyl halides is 3. The maximum absolute atomic E-state index is 12.8. The van der Waals surface area contributed by atoms with Crippen LogP contribution in [0, 0.1) is 11.8 Å². The number of nitrogens with one attached hydrogen (secondary N) is 1. The first-order valence-electron chi connectivity index (χ1n) is 13.0. The van der Waals surface area contributed by atoms with E-state index in [1.807, 2.05) is 11.0 Å². The van der Waals surface area contributed by atoms with Crippen LogP contribution in [0.2, 0.25) is 0 Å². The second kappa shape index (κ2) is 12.5. The summed E-state index contributed by atoms with van der Waals surface area (Å²) in [4.78, 5) is 17.2. The van der Waals surface area contributed by atoms with Crippen molar-refractivity contribution >= 4 is 11.6 Å². The number of carbonyl (C=O) groups is 1. The lowest BCUT2D eigenvalue weighted by molar-refractivity contribution is -0.275. The molecule has 1 N–H and O–H groups in total. The topological polar surface area (TPSA) is 54.0 Å². The van der Waals surface area contributed by atoms with Gasteiger partial charge in [0, 0.05) is 43.9 Å². The third-order valence-electron chi connectivity index (χ3n) is 7.41. The Morgan fingerprint density at radius 1 is 0.973 bits per heavy atom. The molecule has 2 fully saturated rings. The molecule has 2 heterocycles. The van der Waals surface area contributed by atoms with Gasteiger partial charge in [0.05, 0.1) is 7.11 Å². The molecule has 6 nitrogen and oxygen atoms in total. The molecule has 0 atom stereocenters. The smallest absolute Gasteiger partial charge is 0.493 e. The zero-order valence-electron chi connectivity index (χ0n) is 21.3. The monoisotopic (exact) mass is 519 g/mol. The molecule has 202 valence electrons. The van der Waals surface area contributed by atoms with Crippen LogP contribution in [0.25, 0.3) is 0 Å². The molecule has 0 saturated carbocycles. The molecule has 0 aromatic heterocycles. The van der Waals surface area contributed by atoms with Crippen LogP contribution in [0.4, 0.5) is 18.9 Å². The van der Waals surface area contributed by atoms with Crippen molar-refractivity contribution in [3.63, 3.8) is 0 Å². The highest BCUT2D eigenvalue weighted by atomic mass is 19.4. The molecule has 1 amide bonds. The van der Waals surface area contributed by atoms with Gasteiger partial charge in [-0.2, -0.15) is 0 Å². The standard InChI is InChI=1S/C28H36F3N3O3/c1-36-25-8-7-24(19-26(25)37-28(29,30)31)34-17-12-23(13-18-34)27(35)32-14-9-21-10-15-33(16-11-21)20-22-5-3-2-4-6-22/h2-8,19,21,23H,9-18,20H2,1H3,(H,32,35). The first-order valence-corrected chi connectivity index (χ1v) is 13.0. The van der Waals surface area contributed by atoms with Gasteiger partial charge in [-0.1, -0.05) is 30.3 Å². The third kappa shape index (κ3) is 8.02. The summed E-state index contributed by atoms with van der Waals surface area (Å²) < 4.78 is 47.4. The van der Waals surface area contributed by atoms with Crippen LogP contribution in [0.1, 0.15) is 37.7 Å². The molecule has 0 spiro atoms. The van der Waals surface area contributed by atoms with E-state index >= 15 is 0 Å². The largest absolute Gasteiger partial charge is 0.573 e. The van der Waals surface area contributed by atoms with E-state index in [-0.39, 0.29) is 23.3 Å². The van der Waals surface area contributed by atoms with Gasteiger partial charge < -0.3 is 19.7 Å². The van der Waals surface area contributed by atoms with Crippen LogP contribution in [-0.4, -0.2) is 57.0 Å². The SMILES string of the molecule is COc1ccc(N2CCC(C(=O)NCCC3CCN(Cc4ccccc4)CC3)CC2)cc1OC(F)(F)F. The lowest BCUT2D eigenvalue weighted by atomic mass is 9.92. The van der Waals surface area contributed by atoms with E-state index in [2.05, 4.69) is 39.2 Å². The van der Waals surface area contributed by atoms with Gasteiger partial charge in [-0.05, 0) is 68.8 Å². The Morgan fingerprint density at radius 2 is 1.68 bits per heavy atom. The summed E-state index contributed by atoms with van der Waals surface area (Å²) in [6.07, 6.45) is -0.171. The number of piperidine rings is 2. The summed E-state index contributed by atoms with van der Waals surface area (Å²) >= 11 is 0. The van der Waals surface area contributed by atoms with Crippen molar-refractivity contribution in [3.05, 3.63) is 54.1 Å². The maximum Gasteiger partial charge on any atom is 0.573 e. The quantitative estimate of drug-likeness (QED) is 0.492. The first kappa shape index (κ1) is 27.1. The van der Waals surface area contributed by atoms with Crippen LogP contribution >= 0.6 is 0 Å². The Morgan fingerprint density at radius 3 is 2.32 bits per heavy atom. The number of hydrogen-bond donors (Lipinski definition) is 1. The van der Waals surface area contributed by atoms with E-state index in [1.54, 1.807) is 6.07 Å². The Bertz CT molecular complexity index is 1000. The van der Waals surface area contributed by atoms with Gasteiger partial charge in [-0.25, -0.2) is 0 Å². The molecule has 2 saturated heterocycles. The highest BCUT2D eigenvalue weighted by Gasteiger charge is 2.33. The molecule has 0 unspecified atom stereocenters. The van der Waals surface area contributed by atoms with Crippen LogP contribution in [0.3, 0.4) is 0 Å². The predicted molar refractivity (Wildman–Crippen MR) is 137 cm³/mol. The molecule has 2 aromatic carbocycles. The molecule has 2 aliphatic rings. The fourth-order valence-electron chi connectivity index (χ4n) is 5.29. The van der Waals surface area contributed by atoms with Crippen molar-refractivity contribution in [2.75, 3.05) is 44.7 Å². The molecule has 2 aromatic rings. The fraction of sp³-hybridized carbons (Fsp3) is 0.536. The Balaban J connectivity index is 1.16. The summed E-state index contributed by atoms with van der Waals surface area (Å²) in [6.45, 7) is 5.06. The Kier molecular flexibility index (Phi) is 9.18.